The number of methoxy groups -OCH3 is 1. The lowest BCUT2D eigenvalue weighted by molar-refractivity contribution is 0.0512. The fourth-order valence-corrected chi connectivity index (χ4v) is 7.25. The normalized spacial score (nSPS) is 17.9. The molecule has 4 heterocycles. The molecule has 1 aliphatic carbocycles. The van der Waals surface area contributed by atoms with Gasteiger partial charge in [0.25, 0.3) is 0 Å². The topological polar surface area (TPSA) is 77.8 Å². The Morgan fingerprint density at radius 3 is 2.67 bits per heavy atom. The van der Waals surface area contributed by atoms with Gasteiger partial charge in [-0.25, -0.2) is 14.4 Å². The van der Waals surface area contributed by atoms with Crippen molar-refractivity contribution < 1.29 is 18.6 Å². The Balaban J connectivity index is 1.26. The van der Waals surface area contributed by atoms with E-state index in [1.807, 2.05) is 36.4 Å². The van der Waals surface area contributed by atoms with E-state index in [4.69, 9.17) is 35.7 Å². The van der Waals surface area contributed by atoms with Gasteiger partial charge in [0.1, 0.15) is 23.1 Å². The van der Waals surface area contributed by atoms with Crippen LogP contribution in [-0.2, 0) is 15.0 Å². The largest absolute Gasteiger partial charge is 0.468 e. The second-order valence-corrected chi connectivity index (χ2v) is 13.1. The molecule has 8 rings (SSSR count). The molecule has 48 heavy (non-hydrogen) atoms. The number of nitrogens with zero attached hydrogens (tertiary/aromatic N) is 6. The molecule has 246 valence electrons. The van der Waals surface area contributed by atoms with Crippen LogP contribution in [0.15, 0.2) is 54.7 Å². The minimum absolute atomic E-state index is 0.0541. The first-order chi connectivity index (χ1) is 23.5. The Morgan fingerprint density at radius 2 is 1.85 bits per heavy atom. The SMILES string of the molecule is C#Cc1c(F)ccc2cc(OCOC)cc(-c3ccc4c(N5CCCOCC5)nc(-c5ccn(C6(CN7CCCC7)CC6)n5)nc4c3)c12. The van der Waals surface area contributed by atoms with E-state index in [-0.39, 0.29) is 17.9 Å². The summed E-state index contributed by atoms with van der Waals surface area (Å²) in [6.07, 6.45) is 13.7. The molecule has 0 bridgehead atoms. The molecule has 0 atom stereocenters. The van der Waals surface area contributed by atoms with Crippen LogP contribution in [0.25, 0.3) is 44.3 Å². The summed E-state index contributed by atoms with van der Waals surface area (Å²) in [4.78, 5) is 15.1. The van der Waals surface area contributed by atoms with Gasteiger partial charge in [-0.3, -0.25) is 4.68 Å². The maximum Gasteiger partial charge on any atom is 0.188 e. The monoisotopic (exact) mass is 646 g/mol. The molecule has 9 nitrogen and oxygen atoms in total. The lowest BCUT2D eigenvalue weighted by atomic mass is 9.93. The summed E-state index contributed by atoms with van der Waals surface area (Å²) in [5.41, 5.74) is 3.36. The molecule has 1 saturated carbocycles. The Labute approximate surface area is 279 Å². The summed E-state index contributed by atoms with van der Waals surface area (Å²) < 4.78 is 34.0. The van der Waals surface area contributed by atoms with E-state index in [2.05, 4.69) is 26.6 Å². The quantitative estimate of drug-likeness (QED) is 0.138. The number of halogens is 1. The van der Waals surface area contributed by atoms with Gasteiger partial charge >= 0.3 is 0 Å². The number of rotatable bonds is 9. The average molecular weight is 647 g/mol. The summed E-state index contributed by atoms with van der Waals surface area (Å²) in [5.74, 6) is 4.17. The number of anilines is 1. The number of benzene rings is 3. The van der Waals surface area contributed by atoms with Crippen LogP contribution in [0.4, 0.5) is 10.2 Å². The lowest BCUT2D eigenvalue weighted by Gasteiger charge is -2.24. The van der Waals surface area contributed by atoms with E-state index in [1.54, 1.807) is 13.2 Å². The maximum absolute atomic E-state index is 15.1. The summed E-state index contributed by atoms with van der Waals surface area (Å²) in [6, 6.07) is 15.0. The highest BCUT2D eigenvalue weighted by Crippen LogP contribution is 2.45. The molecule has 3 fully saturated rings. The third-order valence-electron chi connectivity index (χ3n) is 9.89. The van der Waals surface area contributed by atoms with Crippen molar-refractivity contribution in [1.82, 2.24) is 24.6 Å². The van der Waals surface area contributed by atoms with Gasteiger partial charge in [0.05, 0.1) is 23.2 Å². The second-order valence-electron chi connectivity index (χ2n) is 13.1. The van der Waals surface area contributed by atoms with Crippen LogP contribution in [0.3, 0.4) is 0 Å². The van der Waals surface area contributed by atoms with Crippen LogP contribution in [0, 0.1) is 18.2 Å². The number of ether oxygens (including phenoxy) is 3. The minimum atomic E-state index is -0.443. The standard InChI is InChI=1S/C38H39FN6O3/c1-3-29-32(39)10-8-27-21-28(48-25-46-2)23-31(35(27)29)26-7-9-30-34(22-26)40-36(41-37(30)44-16-6-19-47-20-18-44)33-11-17-45(42-33)38(12-13-38)24-43-14-4-5-15-43/h1,7-11,17,21-23H,4-6,12-16,18-20,24-25H2,2H3. The van der Waals surface area contributed by atoms with Crippen molar-refractivity contribution in [2.45, 2.75) is 37.6 Å². The van der Waals surface area contributed by atoms with Gasteiger partial charge in [-0.1, -0.05) is 18.1 Å². The Kier molecular flexibility index (Phi) is 8.20. The van der Waals surface area contributed by atoms with Crippen molar-refractivity contribution in [3.63, 3.8) is 0 Å². The molecule has 5 aromatic rings. The van der Waals surface area contributed by atoms with Gasteiger partial charge in [-0.05, 0) is 98.1 Å². The van der Waals surface area contributed by atoms with E-state index in [1.165, 1.54) is 32.0 Å². The lowest BCUT2D eigenvalue weighted by Crippen LogP contribution is -2.34. The van der Waals surface area contributed by atoms with Crippen LogP contribution in [0.5, 0.6) is 5.75 Å². The zero-order valence-corrected chi connectivity index (χ0v) is 27.3. The first-order valence-corrected chi connectivity index (χ1v) is 16.8. The van der Waals surface area contributed by atoms with E-state index in [0.29, 0.717) is 23.6 Å². The molecule has 0 radical (unpaired) electrons. The van der Waals surface area contributed by atoms with Crippen molar-refractivity contribution in [3.05, 3.63) is 66.1 Å². The zero-order chi connectivity index (χ0) is 32.7. The maximum atomic E-state index is 15.1. The van der Waals surface area contributed by atoms with E-state index in [9.17, 15) is 0 Å². The molecule has 3 aromatic carbocycles. The van der Waals surface area contributed by atoms with E-state index in [0.717, 1.165) is 84.4 Å². The van der Waals surface area contributed by atoms with Crippen LogP contribution < -0.4 is 9.64 Å². The highest BCUT2D eigenvalue weighted by molar-refractivity contribution is 6.04. The van der Waals surface area contributed by atoms with Crippen LogP contribution in [-0.4, -0.2) is 84.5 Å². The van der Waals surface area contributed by atoms with Crippen molar-refractivity contribution in [2.24, 2.45) is 0 Å². The van der Waals surface area contributed by atoms with Crippen LogP contribution in [0.1, 0.15) is 37.7 Å². The third kappa shape index (κ3) is 5.76. The molecular weight excluding hydrogens is 607 g/mol. The number of likely N-dealkylation sites (tertiary alicyclic amines) is 1. The number of fused-ring (bicyclic) bond motifs is 2. The van der Waals surface area contributed by atoms with Gasteiger partial charge in [0.15, 0.2) is 12.6 Å². The second kappa shape index (κ2) is 12.8. The Hall–Kier alpha value is -4.56. The highest BCUT2D eigenvalue weighted by atomic mass is 19.1. The van der Waals surface area contributed by atoms with E-state index >= 15 is 4.39 Å². The van der Waals surface area contributed by atoms with Crippen molar-refractivity contribution in [2.75, 3.05) is 64.7 Å². The fourth-order valence-electron chi connectivity index (χ4n) is 7.25. The number of hydrogen-bond acceptors (Lipinski definition) is 8. The molecule has 3 aliphatic rings. The van der Waals surface area contributed by atoms with Gasteiger partial charge in [-0.2, -0.15) is 5.10 Å². The molecule has 0 N–H and O–H groups in total. The van der Waals surface area contributed by atoms with Gasteiger partial charge in [0.2, 0.25) is 0 Å². The fraction of sp³-hybridized carbons (Fsp3) is 0.395. The summed E-state index contributed by atoms with van der Waals surface area (Å²) in [7, 11) is 1.57. The number of aromatic nitrogens is 4. The summed E-state index contributed by atoms with van der Waals surface area (Å²) >= 11 is 0. The predicted molar refractivity (Wildman–Crippen MR) is 185 cm³/mol. The molecule has 10 heteroatoms. The predicted octanol–water partition coefficient (Wildman–Crippen LogP) is 6.23. The number of hydrogen-bond donors (Lipinski definition) is 0. The highest BCUT2D eigenvalue weighted by Gasteiger charge is 2.47. The van der Waals surface area contributed by atoms with Crippen LogP contribution >= 0.6 is 0 Å². The molecule has 2 aliphatic heterocycles. The molecule has 0 spiro atoms. The minimum Gasteiger partial charge on any atom is -0.468 e. The van der Waals surface area contributed by atoms with Crippen molar-refractivity contribution in [3.8, 4) is 40.7 Å². The molecule has 2 aromatic heterocycles. The van der Waals surface area contributed by atoms with E-state index < -0.39 is 5.82 Å². The van der Waals surface area contributed by atoms with Gasteiger partial charge in [0, 0.05) is 50.3 Å². The summed E-state index contributed by atoms with van der Waals surface area (Å²) in [5, 5.41) is 7.44. The molecule has 0 amide bonds. The van der Waals surface area contributed by atoms with Crippen molar-refractivity contribution >= 4 is 27.5 Å². The smallest absolute Gasteiger partial charge is 0.188 e. The Morgan fingerprint density at radius 1 is 0.979 bits per heavy atom. The van der Waals surface area contributed by atoms with Gasteiger partial charge in [-0.15, -0.1) is 6.42 Å². The third-order valence-corrected chi connectivity index (χ3v) is 9.89. The average Bonchev–Trinajstić information content (AvgIpc) is 3.53. The zero-order valence-electron chi connectivity index (χ0n) is 27.3. The first kappa shape index (κ1) is 30.8. The molecule has 0 unspecified atom stereocenters. The van der Waals surface area contributed by atoms with Gasteiger partial charge < -0.3 is 24.0 Å². The van der Waals surface area contributed by atoms with Crippen LogP contribution in [0.2, 0.25) is 0 Å². The van der Waals surface area contributed by atoms with Crippen molar-refractivity contribution in [1.29, 1.82) is 0 Å². The molecular formula is C38H39FN6O3. The summed E-state index contributed by atoms with van der Waals surface area (Å²) in [6.45, 7) is 6.37. The number of terminal acetylenes is 1. The first-order valence-electron chi connectivity index (χ1n) is 16.8. The molecule has 2 saturated heterocycles. The Bertz CT molecular complexity index is 2020.